The minimum absolute atomic E-state index is 0.389. The summed E-state index contributed by atoms with van der Waals surface area (Å²) in [6.45, 7) is -2.21. The van der Waals surface area contributed by atoms with Crippen molar-refractivity contribution in [1.29, 1.82) is 0 Å². The van der Waals surface area contributed by atoms with Gasteiger partial charge in [-0.1, -0.05) is 6.07 Å². The third-order valence-corrected chi connectivity index (χ3v) is 2.73. The highest BCUT2D eigenvalue weighted by atomic mass is 35.5. The van der Waals surface area contributed by atoms with Crippen LogP contribution in [-0.2, 0) is 11.0 Å². The number of hydrogen-bond donors (Lipinski definition) is 0. The van der Waals surface area contributed by atoms with Crippen LogP contribution in [0.2, 0.25) is 0 Å². The summed E-state index contributed by atoms with van der Waals surface area (Å²) >= 11 is 5.57. The van der Waals surface area contributed by atoms with Crippen LogP contribution < -0.4 is 4.74 Å². The molecule has 19 heavy (non-hydrogen) atoms. The Labute approximate surface area is 110 Å². The summed E-state index contributed by atoms with van der Waals surface area (Å²) < 4.78 is 66.1. The van der Waals surface area contributed by atoms with Gasteiger partial charge >= 0.3 is 12.8 Å². The zero-order valence-corrected chi connectivity index (χ0v) is 10.2. The molecule has 0 aromatic heterocycles. The number of benzene rings is 1. The fourth-order valence-corrected chi connectivity index (χ4v) is 1.59. The first-order chi connectivity index (χ1) is 8.62. The van der Waals surface area contributed by atoms with Gasteiger partial charge in [-0.25, -0.2) is 0 Å². The second-order valence-corrected chi connectivity index (χ2v) is 4.03. The third-order valence-electron chi connectivity index (χ3n) is 2.19. The van der Waals surface area contributed by atoms with Crippen LogP contribution >= 0.6 is 11.6 Å². The summed E-state index contributed by atoms with van der Waals surface area (Å²) in [6, 6.07) is 2.13. The van der Waals surface area contributed by atoms with Crippen molar-refractivity contribution < 1.29 is 31.5 Å². The molecule has 0 amide bonds. The first kappa shape index (κ1) is 15.7. The van der Waals surface area contributed by atoms with Crippen LogP contribution in [0.25, 0.3) is 0 Å². The van der Waals surface area contributed by atoms with Gasteiger partial charge in [0.1, 0.15) is 11.1 Å². The van der Waals surface area contributed by atoms with Crippen LogP contribution in [0.5, 0.6) is 5.75 Å². The second-order valence-electron chi connectivity index (χ2n) is 3.60. The van der Waals surface area contributed by atoms with E-state index in [1.807, 2.05) is 0 Å². The van der Waals surface area contributed by atoms with Gasteiger partial charge in [-0.2, -0.15) is 22.0 Å². The van der Waals surface area contributed by atoms with Crippen molar-refractivity contribution in [2.45, 2.75) is 25.1 Å². The highest BCUT2D eigenvalue weighted by Crippen LogP contribution is 2.39. The van der Waals surface area contributed by atoms with Crippen molar-refractivity contribution in [2.75, 3.05) is 0 Å². The highest BCUT2D eigenvalue weighted by Gasteiger charge is 2.36. The third kappa shape index (κ3) is 4.05. The van der Waals surface area contributed by atoms with Gasteiger partial charge < -0.3 is 4.74 Å². The molecule has 0 bridgehead atoms. The molecule has 8 heteroatoms. The molecule has 0 saturated carbocycles. The maximum Gasteiger partial charge on any atom is 0.416 e. The molecule has 0 heterocycles. The Morgan fingerprint density at radius 3 is 2.32 bits per heavy atom. The Kier molecular flexibility index (Phi) is 4.73. The lowest BCUT2D eigenvalue weighted by Crippen LogP contribution is -2.14. The average molecular weight is 303 g/mol. The first-order valence-corrected chi connectivity index (χ1v) is 5.37. The maximum absolute atomic E-state index is 12.8. The minimum Gasteiger partial charge on any atom is -0.435 e. The Morgan fingerprint density at radius 2 is 1.89 bits per heavy atom. The van der Waals surface area contributed by atoms with Gasteiger partial charge in [0.25, 0.3) is 0 Å². The van der Waals surface area contributed by atoms with Gasteiger partial charge in [0.05, 0.1) is 5.56 Å². The predicted molar refractivity (Wildman–Crippen MR) is 57.4 cm³/mol. The summed E-state index contributed by atoms with van der Waals surface area (Å²) in [6.07, 6.45) is -4.83. The summed E-state index contributed by atoms with van der Waals surface area (Å²) in [4.78, 5) is 11.0. The molecule has 106 valence electrons. The zero-order valence-electron chi connectivity index (χ0n) is 9.47. The monoisotopic (exact) mass is 302 g/mol. The number of ether oxygens (including phenoxy) is 1. The Balaban J connectivity index is 3.29. The van der Waals surface area contributed by atoms with E-state index >= 15 is 0 Å². The van der Waals surface area contributed by atoms with E-state index in [1.165, 1.54) is 0 Å². The largest absolute Gasteiger partial charge is 0.435 e. The number of carbonyl (C=O) groups is 1. The van der Waals surface area contributed by atoms with E-state index in [9.17, 15) is 26.7 Å². The van der Waals surface area contributed by atoms with E-state index in [-0.39, 0.29) is 0 Å². The molecule has 0 aliphatic carbocycles. The van der Waals surface area contributed by atoms with Crippen LogP contribution in [0.4, 0.5) is 22.0 Å². The number of alkyl halides is 6. The lowest BCUT2D eigenvalue weighted by atomic mass is 10.0. The van der Waals surface area contributed by atoms with Crippen molar-refractivity contribution in [3.05, 3.63) is 29.3 Å². The van der Waals surface area contributed by atoms with Gasteiger partial charge in [-0.15, -0.1) is 11.6 Å². The van der Waals surface area contributed by atoms with E-state index < -0.39 is 40.8 Å². The highest BCUT2D eigenvalue weighted by molar-refractivity contribution is 6.30. The Morgan fingerprint density at radius 1 is 1.32 bits per heavy atom. The summed E-state index contributed by atoms with van der Waals surface area (Å²) in [5, 5.41) is -1.50. The first-order valence-electron chi connectivity index (χ1n) is 4.93. The molecule has 1 atom stereocenters. The van der Waals surface area contributed by atoms with E-state index in [1.54, 1.807) is 0 Å². The number of rotatable bonds is 4. The minimum atomic E-state index is -4.83. The van der Waals surface area contributed by atoms with Crippen molar-refractivity contribution >= 4 is 17.4 Å². The van der Waals surface area contributed by atoms with Gasteiger partial charge in [0.15, 0.2) is 5.78 Å². The lowest BCUT2D eigenvalue weighted by molar-refractivity contribution is -0.138. The molecule has 0 aliphatic heterocycles. The zero-order chi connectivity index (χ0) is 14.8. The molecule has 1 unspecified atom stereocenters. The van der Waals surface area contributed by atoms with Crippen LogP contribution in [0.15, 0.2) is 18.2 Å². The molecule has 0 aliphatic rings. The van der Waals surface area contributed by atoms with Crippen molar-refractivity contribution in [2.24, 2.45) is 0 Å². The van der Waals surface area contributed by atoms with Gasteiger partial charge in [-0.05, 0) is 24.6 Å². The SMILES string of the molecule is CC(=O)C(Cl)c1ccc(OC(F)F)cc1C(F)(F)F. The summed E-state index contributed by atoms with van der Waals surface area (Å²) in [7, 11) is 0. The molecule has 1 rings (SSSR count). The topological polar surface area (TPSA) is 26.3 Å². The molecular weight excluding hydrogens is 295 g/mol. The molecule has 1 aromatic rings. The molecule has 0 spiro atoms. The van der Waals surface area contributed by atoms with E-state index in [0.717, 1.165) is 19.1 Å². The average Bonchev–Trinajstić information content (AvgIpc) is 2.25. The summed E-state index contributed by atoms with van der Waals surface area (Å²) in [5.41, 5.74) is -1.77. The quantitative estimate of drug-likeness (QED) is 0.616. The summed E-state index contributed by atoms with van der Waals surface area (Å²) in [5.74, 6) is -1.34. The fourth-order valence-electron chi connectivity index (χ4n) is 1.40. The molecule has 1 aromatic carbocycles. The smallest absolute Gasteiger partial charge is 0.416 e. The van der Waals surface area contributed by atoms with Gasteiger partial charge in [0.2, 0.25) is 0 Å². The molecule has 0 saturated heterocycles. The predicted octanol–water partition coefficient (Wildman–Crippen LogP) is 4.18. The van der Waals surface area contributed by atoms with Crippen LogP contribution in [0, 0.1) is 0 Å². The van der Waals surface area contributed by atoms with Crippen LogP contribution in [0.1, 0.15) is 23.4 Å². The van der Waals surface area contributed by atoms with Crippen LogP contribution in [0.3, 0.4) is 0 Å². The number of halogens is 6. The second kappa shape index (κ2) is 5.73. The van der Waals surface area contributed by atoms with Gasteiger partial charge in [-0.3, -0.25) is 4.79 Å². The Hall–Kier alpha value is -1.37. The van der Waals surface area contributed by atoms with Gasteiger partial charge in [0, 0.05) is 0 Å². The lowest BCUT2D eigenvalue weighted by Gasteiger charge is -2.16. The Bertz CT molecular complexity index is 473. The number of Topliss-reactive ketones (excluding diaryl/α,β-unsaturated/α-hetero) is 1. The molecular formula is C11H8ClF5O2. The molecule has 2 nitrogen and oxygen atoms in total. The van der Waals surface area contributed by atoms with E-state index in [0.29, 0.717) is 6.07 Å². The normalized spacial score (nSPS) is 13.5. The maximum atomic E-state index is 12.8. The number of carbonyl (C=O) groups excluding carboxylic acids is 1. The fraction of sp³-hybridized carbons (Fsp3) is 0.364. The van der Waals surface area contributed by atoms with Crippen molar-refractivity contribution in [3.8, 4) is 5.75 Å². The van der Waals surface area contributed by atoms with Crippen molar-refractivity contribution in [1.82, 2.24) is 0 Å². The van der Waals surface area contributed by atoms with Crippen LogP contribution in [-0.4, -0.2) is 12.4 Å². The molecule has 0 radical (unpaired) electrons. The van der Waals surface area contributed by atoms with E-state index in [2.05, 4.69) is 4.74 Å². The number of ketones is 1. The number of hydrogen-bond acceptors (Lipinski definition) is 2. The molecule has 0 N–H and O–H groups in total. The molecule has 0 fully saturated rings. The standard InChI is InChI=1S/C11H8ClF5O2/c1-5(18)9(12)7-3-2-6(19-10(13)14)4-8(7)11(15,16)17/h2-4,9-10H,1H3. The van der Waals surface area contributed by atoms with Crippen molar-refractivity contribution in [3.63, 3.8) is 0 Å². The van der Waals surface area contributed by atoms with E-state index in [4.69, 9.17) is 11.6 Å².